The Kier molecular flexibility index (Phi) is 4.78. The average Bonchev–Trinajstić information content (AvgIpc) is 3.13. The molecule has 1 atom stereocenters. The van der Waals surface area contributed by atoms with E-state index in [1.807, 2.05) is 17.0 Å². The van der Waals surface area contributed by atoms with Gasteiger partial charge in [0.05, 0.1) is 32.5 Å². The fraction of sp³-hybridized carbons (Fsp3) is 0.500. The maximum absolute atomic E-state index is 12.4. The molecule has 4 rings (SSSR count). The van der Waals surface area contributed by atoms with Crippen molar-refractivity contribution in [3.05, 3.63) is 54.2 Å². The van der Waals surface area contributed by atoms with Crippen molar-refractivity contribution >= 4 is 5.91 Å². The Hall–Kier alpha value is -2.18. The van der Waals surface area contributed by atoms with Gasteiger partial charge in [0.2, 0.25) is 0 Å². The second-order valence-electron chi connectivity index (χ2n) is 7.57. The molecule has 26 heavy (non-hydrogen) atoms. The number of hydrogen-bond donors (Lipinski definition) is 0. The van der Waals surface area contributed by atoms with Crippen molar-refractivity contribution in [2.24, 2.45) is 5.92 Å². The number of furan rings is 1. The lowest BCUT2D eigenvalue weighted by atomic mass is 9.82. The Labute approximate surface area is 153 Å². The van der Waals surface area contributed by atoms with Gasteiger partial charge in [0.25, 0.3) is 5.91 Å². The number of likely N-dealkylation sites (tertiary alicyclic amines) is 1. The van der Waals surface area contributed by atoms with Gasteiger partial charge in [-0.2, -0.15) is 0 Å². The fourth-order valence-corrected chi connectivity index (χ4v) is 3.95. The number of amides is 1. The van der Waals surface area contributed by atoms with Gasteiger partial charge in [-0.05, 0) is 50.1 Å². The number of carbonyl (C=O) groups excluding carboxylic acids is 1. The summed E-state index contributed by atoms with van der Waals surface area (Å²) in [7, 11) is 2.12. The van der Waals surface area contributed by atoms with E-state index in [1.165, 1.54) is 0 Å². The predicted octanol–water partition coefficient (Wildman–Crippen LogP) is 2.43. The van der Waals surface area contributed by atoms with Crippen LogP contribution in [0.2, 0.25) is 0 Å². The molecular formula is C20H25N3O3. The number of pyridine rings is 1. The molecule has 0 saturated carbocycles. The van der Waals surface area contributed by atoms with Crippen LogP contribution in [-0.4, -0.2) is 59.6 Å². The first kappa shape index (κ1) is 17.2. The van der Waals surface area contributed by atoms with Gasteiger partial charge in [0, 0.05) is 24.5 Å². The van der Waals surface area contributed by atoms with Gasteiger partial charge >= 0.3 is 0 Å². The topological polar surface area (TPSA) is 58.8 Å². The van der Waals surface area contributed by atoms with Gasteiger partial charge in [-0.15, -0.1) is 0 Å². The van der Waals surface area contributed by atoms with Crippen molar-refractivity contribution in [1.82, 2.24) is 14.8 Å². The molecule has 1 amide bonds. The summed E-state index contributed by atoms with van der Waals surface area (Å²) in [5, 5.41) is 0. The highest BCUT2D eigenvalue weighted by Gasteiger charge is 2.48. The standard InChI is InChI=1S/C20H25N3O3/c1-22(12-18-3-2-10-25-18)11-16-4-7-20(26-13-16)14-23(15-20)19(24)17-5-8-21-9-6-17/h2-3,5-6,8-10,16H,4,7,11-15H2,1H3. The molecule has 2 aliphatic rings. The SMILES string of the molecule is CN(Cc1ccco1)CC1CCC2(CN(C(=O)c3ccncc3)C2)OC1. The average molecular weight is 355 g/mol. The van der Waals surface area contributed by atoms with Crippen LogP contribution in [0.3, 0.4) is 0 Å². The smallest absolute Gasteiger partial charge is 0.254 e. The van der Waals surface area contributed by atoms with Crippen LogP contribution in [0.4, 0.5) is 0 Å². The number of hydrogen-bond acceptors (Lipinski definition) is 5. The monoisotopic (exact) mass is 355 g/mol. The summed E-state index contributed by atoms with van der Waals surface area (Å²) in [4.78, 5) is 20.6. The zero-order chi connectivity index (χ0) is 18.0. The van der Waals surface area contributed by atoms with Crippen LogP contribution in [0.5, 0.6) is 0 Å². The van der Waals surface area contributed by atoms with Crippen molar-refractivity contribution in [3.63, 3.8) is 0 Å². The van der Waals surface area contributed by atoms with Gasteiger partial charge in [-0.3, -0.25) is 14.7 Å². The Balaban J connectivity index is 1.23. The van der Waals surface area contributed by atoms with E-state index in [4.69, 9.17) is 9.15 Å². The molecule has 0 radical (unpaired) electrons. The highest BCUT2D eigenvalue weighted by Crippen LogP contribution is 2.36. The zero-order valence-electron chi connectivity index (χ0n) is 15.1. The molecule has 2 aliphatic heterocycles. The number of aromatic nitrogens is 1. The lowest BCUT2D eigenvalue weighted by Crippen LogP contribution is -2.66. The molecular weight excluding hydrogens is 330 g/mol. The number of ether oxygens (including phenoxy) is 1. The van der Waals surface area contributed by atoms with Crippen LogP contribution < -0.4 is 0 Å². The summed E-state index contributed by atoms with van der Waals surface area (Å²) < 4.78 is 11.6. The van der Waals surface area contributed by atoms with Crippen LogP contribution in [0, 0.1) is 5.92 Å². The van der Waals surface area contributed by atoms with E-state index in [1.54, 1.807) is 30.8 Å². The molecule has 2 fully saturated rings. The second kappa shape index (κ2) is 7.21. The summed E-state index contributed by atoms with van der Waals surface area (Å²) in [6.45, 7) is 3.98. The van der Waals surface area contributed by atoms with Crippen LogP contribution in [-0.2, 0) is 11.3 Å². The Bertz CT molecular complexity index is 716. The van der Waals surface area contributed by atoms with Crippen molar-refractivity contribution in [2.75, 3.05) is 33.3 Å². The third-order valence-electron chi connectivity index (χ3n) is 5.38. The van der Waals surface area contributed by atoms with Crippen LogP contribution in [0.15, 0.2) is 47.3 Å². The number of nitrogens with zero attached hydrogens (tertiary/aromatic N) is 3. The van der Waals surface area contributed by atoms with E-state index in [9.17, 15) is 4.79 Å². The largest absolute Gasteiger partial charge is 0.468 e. The summed E-state index contributed by atoms with van der Waals surface area (Å²) in [6, 6.07) is 7.46. The molecule has 6 heteroatoms. The number of carbonyl (C=O) groups is 1. The van der Waals surface area contributed by atoms with Crippen LogP contribution in [0.1, 0.15) is 29.0 Å². The summed E-state index contributed by atoms with van der Waals surface area (Å²) >= 11 is 0. The molecule has 2 saturated heterocycles. The van der Waals surface area contributed by atoms with E-state index >= 15 is 0 Å². The molecule has 6 nitrogen and oxygen atoms in total. The predicted molar refractivity (Wildman–Crippen MR) is 96.6 cm³/mol. The second-order valence-corrected chi connectivity index (χ2v) is 7.57. The Morgan fingerprint density at radius 2 is 2.15 bits per heavy atom. The summed E-state index contributed by atoms with van der Waals surface area (Å²) in [6.07, 6.45) is 7.19. The van der Waals surface area contributed by atoms with Crippen molar-refractivity contribution in [2.45, 2.75) is 25.0 Å². The van der Waals surface area contributed by atoms with E-state index in [0.717, 1.165) is 38.3 Å². The first-order chi connectivity index (χ1) is 12.6. The van der Waals surface area contributed by atoms with Crippen molar-refractivity contribution in [1.29, 1.82) is 0 Å². The normalized spacial score (nSPS) is 21.8. The quantitative estimate of drug-likeness (QED) is 0.824. The molecule has 2 aromatic heterocycles. The first-order valence-corrected chi connectivity index (χ1v) is 9.18. The first-order valence-electron chi connectivity index (χ1n) is 9.18. The van der Waals surface area contributed by atoms with Crippen molar-refractivity contribution < 1.29 is 13.9 Å². The lowest BCUT2D eigenvalue weighted by Gasteiger charge is -2.53. The molecule has 2 aromatic rings. The number of rotatable bonds is 5. The molecule has 0 bridgehead atoms. The Morgan fingerprint density at radius 3 is 2.81 bits per heavy atom. The summed E-state index contributed by atoms with van der Waals surface area (Å²) in [5.41, 5.74) is 0.571. The zero-order valence-corrected chi connectivity index (χ0v) is 15.1. The summed E-state index contributed by atoms with van der Waals surface area (Å²) in [5.74, 6) is 1.59. The van der Waals surface area contributed by atoms with Crippen molar-refractivity contribution in [3.8, 4) is 0 Å². The minimum Gasteiger partial charge on any atom is -0.468 e. The molecule has 138 valence electrons. The molecule has 0 aromatic carbocycles. The molecule has 1 spiro atoms. The maximum Gasteiger partial charge on any atom is 0.254 e. The maximum atomic E-state index is 12.4. The molecule has 0 N–H and O–H groups in total. The van der Waals surface area contributed by atoms with E-state index in [0.29, 0.717) is 24.6 Å². The lowest BCUT2D eigenvalue weighted by molar-refractivity contribution is -0.168. The fourth-order valence-electron chi connectivity index (χ4n) is 3.95. The van der Waals surface area contributed by atoms with E-state index in [-0.39, 0.29) is 11.5 Å². The van der Waals surface area contributed by atoms with E-state index < -0.39 is 0 Å². The van der Waals surface area contributed by atoms with Gasteiger partial charge in [-0.1, -0.05) is 0 Å². The highest BCUT2D eigenvalue weighted by molar-refractivity contribution is 5.94. The van der Waals surface area contributed by atoms with Gasteiger partial charge in [-0.25, -0.2) is 0 Å². The van der Waals surface area contributed by atoms with Gasteiger partial charge in [0.1, 0.15) is 11.4 Å². The van der Waals surface area contributed by atoms with Crippen LogP contribution in [0.25, 0.3) is 0 Å². The minimum atomic E-state index is -0.126. The minimum absolute atomic E-state index is 0.0712. The molecule has 1 unspecified atom stereocenters. The third-order valence-corrected chi connectivity index (χ3v) is 5.38. The van der Waals surface area contributed by atoms with E-state index in [2.05, 4.69) is 16.9 Å². The van der Waals surface area contributed by atoms with Crippen LogP contribution >= 0.6 is 0 Å². The molecule has 4 heterocycles. The van der Waals surface area contributed by atoms with Gasteiger partial charge < -0.3 is 14.1 Å². The third kappa shape index (κ3) is 3.66. The molecule has 0 aliphatic carbocycles. The van der Waals surface area contributed by atoms with Gasteiger partial charge in [0.15, 0.2) is 0 Å². The highest BCUT2D eigenvalue weighted by atomic mass is 16.5. The Morgan fingerprint density at radius 1 is 1.35 bits per heavy atom.